The van der Waals surface area contributed by atoms with Crippen LogP contribution < -0.4 is 10.1 Å². The first kappa shape index (κ1) is 15.4. The molecule has 1 aromatic carbocycles. The highest BCUT2D eigenvalue weighted by molar-refractivity contribution is 5.48. The molecule has 0 aliphatic carbocycles. The Hall–Kier alpha value is -1.69. The number of rotatable bonds is 9. The van der Waals surface area contributed by atoms with E-state index < -0.39 is 11.6 Å². The molecule has 5 nitrogen and oxygen atoms in total. The zero-order chi connectivity index (χ0) is 14.1. The van der Waals surface area contributed by atoms with Gasteiger partial charge >= 0.3 is 5.69 Å². The van der Waals surface area contributed by atoms with E-state index in [2.05, 4.69) is 12.2 Å². The molecule has 0 fully saturated rings. The van der Waals surface area contributed by atoms with E-state index in [0.29, 0.717) is 6.54 Å². The van der Waals surface area contributed by atoms with Gasteiger partial charge < -0.3 is 10.1 Å². The van der Waals surface area contributed by atoms with Crippen molar-refractivity contribution in [1.82, 2.24) is 5.32 Å². The minimum Gasteiger partial charge on any atom is -0.487 e. The second-order valence-electron chi connectivity index (χ2n) is 4.13. The average Bonchev–Trinajstić information content (AvgIpc) is 2.40. The number of halogens is 1. The molecule has 0 radical (unpaired) electrons. The first-order valence-electron chi connectivity index (χ1n) is 6.35. The highest BCUT2D eigenvalue weighted by Gasteiger charge is 2.15. The number of alkyl halides is 1. The van der Waals surface area contributed by atoms with Crippen LogP contribution in [0.25, 0.3) is 0 Å². The molecule has 0 saturated carbocycles. The van der Waals surface area contributed by atoms with Crippen LogP contribution in [-0.4, -0.2) is 24.7 Å². The average molecular weight is 270 g/mol. The molecule has 6 heteroatoms. The van der Waals surface area contributed by atoms with Crippen LogP contribution in [0.1, 0.15) is 25.3 Å². The zero-order valence-electron chi connectivity index (χ0n) is 11.0. The van der Waals surface area contributed by atoms with Gasteiger partial charge in [-0.25, -0.2) is 0 Å². The molecule has 1 rings (SSSR count). The number of nitro benzene ring substituents is 1. The van der Waals surface area contributed by atoms with Crippen molar-refractivity contribution in [2.24, 2.45) is 0 Å². The van der Waals surface area contributed by atoms with Gasteiger partial charge in [-0.05, 0) is 24.6 Å². The molecule has 0 atom stereocenters. The van der Waals surface area contributed by atoms with E-state index in [1.165, 1.54) is 6.07 Å². The fourth-order valence-electron chi connectivity index (χ4n) is 1.58. The van der Waals surface area contributed by atoms with Crippen molar-refractivity contribution in [3.63, 3.8) is 0 Å². The number of hydrogen-bond acceptors (Lipinski definition) is 4. The van der Waals surface area contributed by atoms with Gasteiger partial charge in [0.05, 0.1) is 18.2 Å². The summed E-state index contributed by atoms with van der Waals surface area (Å²) in [7, 11) is 0. The molecular weight excluding hydrogens is 251 g/mol. The van der Waals surface area contributed by atoms with Gasteiger partial charge in [-0.3, -0.25) is 14.5 Å². The molecule has 0 aromatic heterocycles. The Kier molecular flexibility index (Phi) is 6.81. The van der Waals surface area contributed by atoms with Crippen LogP contribution in [0.2, 0.25) is 0 Å². The summed E-state index contributed by atoms with van der Waals surface area (Å²) in [6.07, 6.45) is 1.24. The largest absolute Gasteiger partial charge is 0.487 e. The number of hydrogen-bond donors (Lipinski definition) is 1. The zero-order valence-corrected chi connectivity index (χ0v) is 11.0. The molecular formula is C13H19FN2O3. The Labute approximate surface area is 111 Å². The maximum atomic E-state index is 12.0. The lowest BCUT2D eigenvalue weighted by Crippen LogP contribution is -2.14. The van der Waals surface area contributed by atoms with Gasteiger partial charge in [0.1, 0.15) is 0 Å². The lowest BCUT2D eigenvalue weighted by Gasteiger charge is -2.08. The number of nitrogens with zero attached hydrogens (tertiary/aromatic N) is 1. The summed E-state index contributed by atoms with van der Waals surface area (Å²) in [5.41, 5.74) is 0.757. The maximum absolute atomic E-state index is 12.0. The topological polar surface area (TPSA) is 64.4 Å². The molecule has 19 heavy (non-hydrogen) atoms. The normalized spacial score (nSPS) is 10.4. The summed E-state index contributed by atoms with van der Waals surface area (Å²) in [4.78, 5) is 10.5. The van der Waals surface area contributed by atoms with Gasteiger partial charge in [0.15, 0.2) is 5.75 Å². The lowest BCUT2D eigenvalue weighted by molar-refractivity contribution is -0.385. The predicted octanol–water partition coefficient (Wildman–Crippen LogP) is 2.83. The summed E-state index contributed by atoms with van der Waals surface area (Å²) in [5, 5.41) is 14.1. The fraction of sp³-hybridized carbons (Fsp3) is 0.538. The number of ether oxygens (including phenoxy) is 1. The fourth-order valence-corrected chi connectivity index (χ4v) is 1.58. The Bertz CT molecular complexity index is 413. The van der Waals surface area contributed by atoms with Crippen LogP contribution in [0.5, 0.6) is 5.75 Å². The van der Waals surface area contributed by atoms with Crippen molar-refractivity contribution in [3.05, 3.63) is 33.9 Å². The molecule has 0 amide bonds. The molecule has 0 aliphatic rings. The van der Waals surface area contributed by atoms with E-state index in [0.717, 1.165) is 18.5 Å². The van der Waals surface area contributed by atoms with Gasteiger partial charge in [-0.2, -0.15) is 0 Å². The SMILES string of the molecule is CCCNCc1ccc(OCCCF)c([N+](=O)[O-])c1. The molecule has 0 saturated heterocycles. The Morgan fingerprint density at radius 3 is 2.89 bits per heavy atom. The van der Waals surface area contributed by atoms with E-state index in [1.807, 2.05) is 0 Å². The standard InChI is InChI=1S/C13H19FN2O3/c1-2-7-15-10-11-4-5-13(19-8-3-6-14)12(9-11)16(17)18/h4-5,9,15H,2-3,6-8,10H2,1H3. The maximum Gasteiger partial charge on any atom is 0.311 e. The molecule has 0 unspecified atom stereocenters. The van der Waals surface area contributed by atoms with Crippen LogP contribution in [0.4, 0.5) is 10.1 Å². The Morgan fingerprint density at radius 2 is 2.26 bits per heavy atom. The van der Waals surface area contributed by atoms with Crippen molar-refractivity contribution in [2.75, 3.05) is 19.8 Å². The second kappa shape index (κ2) is 8.42. The van der Waals surface area contributed by atoms with Crippen LogP contribution in [0.15, 0.2) is 18.2 Å². The van der Waals surface area contributed by atoms with Crippen molar-refractivity contribution in [1.29, 1.82) is 0 Å². The number of nitrogens with one attached hydrogen (secondary N) is 1. The monoisotopic (exact) mass is 270 g/mol. The summed E-state index contributed by atoms with van der Waals surface area (Å²) < 4.78 is 17.2. The van der Waals surface area contributed by atoms with Crippen molar-refractivity contribution < 1.29 is 14.1 Å². The van der Waals surface area contributed by atoms with E-state index >= 15 is 0 Å². The van der Waals surface area contributed by atoms with E-state index in [1.54, 1.807) is 12.1 Å². The van der Waals surface area contributed by atoms with Crippen LogP contribution >= 0.6 is 0 Å². The molecule has 0 spiro atoms. The highest BCUT2D eigenvalue weighted by atomic mass is 19.1. The number of benzene rings is 1. The molecule has 0 heterocycles. The third-order valence-electron chi connectivity index (χ3n) is 2.51. The summed E-state index contributed by atoms with van der Waals surface area (Å²) in [6.45, 7) is 3.15. The summed E-state index contributed by atoms with van der Waals surface area (Å²) in [5.74, 6) is 0.192. The first-order valence-corrected chi connectivity index (χ1v) is 6.35. The van der Waals surface area contributed by atoms with E-state index in [9.17, 15) is 14.5 Å². The first-order chi connectivity index (χ1) is 9.19. The molecule has 0 aliphatic heterocycles. The van der Waals surface area contributed by atoms with Gasteiger partial charge in [0.25, 0.3) is 0 Å². The van der Waals surface area contributed by atoms with Gasteiger partial charge in [-0.15, -0.1) is 0 Å². The smallest absolute Gasteiger partial charge is 0.311 e. The van der Waals surface area contributed by atoms with E-state index in [4.69, 9.17) is 4.74 Å². The second-order valence-corrected chi connectivity index (χ2v) is 4.13. The predicted molar refractivity (Wildman–Crippen MR) is 71.2 cm³/mol. The van der Waals surface area contributed by atoms with Crippen LogP contribution in [0.3, 0.4) is 0 Å². The van der Waals surface area contributed by atoms with Crippen molar-refractivity contribution in [3.8, 4) is 5.75 Å². The molecule has 1 aromatic rings. The van der Waals surface area contributed by atoms with Crippen LogP contribution in [0, 0.1) is 10.1 Å². The lowest BCUT2D eigenvalue weighted by atomic mass is 10.2. The Balaban J connectivity index is 2.73. The third kappa shape index (κ3) is 5.21. The molecule has 1 N–H and O–H groups in total. The van der Waals surface area contributed by atoms with Gasteiger partial charge in [0.2, 0.25) is 0 Å². The van der Waals surface area contributed by atoms with Crippen LogP contribution in [-0.2, 0) is 6.54 Å². The van der Waals surface area contributed by atoms with Crippen molar-refractivity contribution >= 4 is 5.69 Å². The van der Waals surface area contributed by atoms with Gasteiger partial charge in [-0.1, -0.05) is 13.0 Å². The molecule has 0 bridgehead atoms. The minimum absolute atomic E-state index is 0.0744. The minimum atomic E-state index is -0.493. The number of nitro groups is 1. The van der Waals surface area contributed by atoms with Crippen molar-refractivity contribution in [2.45, 2.75) is 26.3 Å². The highest BCUT2D eigenvalue weighted by Crippen LogP contribution is 2.28. The summed E-state index contributed by atoms with van der Waals surface area (Å²) >= 11 is 0. The third-order valence-corrected chi connectivity index (χ3v) is 2.51. The van der Waals surface area contributed by atoms with E-state index in [-0.39, 0.29) is 24.5 Å². The Morgan fingerprint density at radius 1 is 1.47 bits per heavy atom. The molecule has 106 valence electrons. The quantitative estimate of drug-likeness (QED) is 0.426. The summed E-state index contributed by atoms with van der Waals surface area (Å²) in [6, 6.07) is 4.84. The van der Waals surface area contributed by atoms with Gasteiger partial charge in [0, 0.05) is 19.0 Å².